The fraction of sp³-hybridized carbons (Fsp3) is 0.500. The van der Waals surface area contributed by atoms with E-state index < -0.39 is 5.60 Å². The van der Waals surface area contributed by atoms with Crippen LogP contribution in [-0.4, -0.2) is 52.2 Å². The maximum atomic E-state index is 12.7. The molecular formula is C22H29N5O2. The molecule has 2 fully saturated rings. The van der Waals surface area contributed by atoms with E-state index >= 15 is 0 Å². The molecule has 0 unspecified atom stereocenters. The van der Waals surface area contributed by atoms with E-state index in [1.165, 1.54) is 0 Å². The lowest BCUT2D eigenvalue weighted by atomic mass is 9.92. The summed E-state index contributed by atoms with van der Waals surface area (Å²) >= 11 is 0. The first kappa shape index (κ1) is 19.5. The number of rotatable bonds is 2. The van der Waals surface area contributed by atoms with Crippen LogP contribution in [0.25, 0.3) is 11.3 Å². The van der Waals surface area contributed by atoms with Gasteiger partial charge in [0.1, 0.15) is 11.4 Å². The van der Waals surface area contributed by atoms with Gasteiger partial charge in [0, 0.05) is 31.3 Å². The molecular weight excluding hydrogens is 366 g/mol. The van der Waals surface area contributed by atoms with Crippen molar-refractivity contribution < 1.29 is 9.53 Å². The number of anilines is 2. The lowest BCUT2D eigenvalue weighted by Gasteiger charge is -2.37. The van der Waals surface area contributed by atoms with Crippen molar-refractivity contribution in [3.05, 3.63) is 36.4 Å². The van der Waals surface area contributed by atoms with Crippen molar-refractivity contribution in [2.75, 3.05) is 30.3 Å². The number of likely N-dealkylation sites (tertiary alicyclic amines) is 1. The van der Waals surface area contributed by atoms with Crippen LogP contribution in [0, 0.1) is 5.92 Å². The third-order valence-electron chi connectivity index (χ3n) is 5.53. The average Bonchev–Trinajstić information content (AvgIpc) is 3.11. The quantitative estimate of drug-likeness (QED) is 0.837. The van der Waals surface area contributed by atoms with Crippen LogP contribution >= 0.6 is 0 Å². The van der Waals surface area contributed by atoms with Crippen molar-refractivity contribution in [3.63, 3.8) is 0 Å². The molecule has 1 aromatic heterocycles. The van der Waals surface area contributed by atoms with Gasteiger partial charge in [-0.25, -0.2) is 9.78 Å². The van der Waals surface area contributed by atoms with E-state index in [1.54, 1.807) is 0 Å². The number of nitrogens with two attached hydrogens (primary N) is 1. The van der Waals surface area contributed by atoms with Crippen molar-refractivity contribution in [3.8, 4) is 11.3 Å². The lowest BCUT2D eigenvalue weighted by molar-refractivity contribution is 0.00669. The zero-order valence-electron chi connectivity index (χ0n) is 17.3. The molecule has 0 saturated carbocycles. The van der Waals surface area contributed by atoms with E-state index in [9.17, 15) is 4.79 Å². The van der Waals surface area contributed by atoms with E-state index in [2.05, 4.69) is 14.9 Å². The third kappa shape index (κ3) is 4.28. The van der Waals surface area contributed by atoms with E-state index in [0.717, 1.165) is 49.6 Å². The number of carbonyl (C=O) groups is 1. The van der Waals surface area contributed by atoms with Gasteiger partial charge in [0.05, 0.1) is 11.7 Å². The Morgan fingerprint density at radius 3 is 2.66 bits per heavy atom. The number of aromatic nitrogens is 2. The van der Waals surface area contributed by atoms with Crippen LogP contribution in [0.1, 0.15) is 33.6 Å². The minimum Gasteiger partial charge on any atom is -0.444 e. The van der Waals surface area contributed by atoms with E-state index in [4.69, 9.17) is 10.5 Å². The number of ether oxygens (including phenoxy) is 1. The van der Waals surface area contributed by atoms with Gasteiger partial charge in [-0.2, -0.15) is 4.98 Å². The molecule has 7 nitrogen and oxygen atoms in total. The molecule has 1 aromatic carbocycles. The average molecular weight is 396 g/mol. The minimum absolute atomic E-state index is 0.134. The number of hydrogen-bond donors (Lipinski definition) is 1. The number of amides is 1. The van der Waals surface area contributed by atoms with Crippen LogP contribution in [0.4, 0.5) is 16.6 Å². The SMILES string of the molecule is CC(C)(C)OC(=O)N1CCC[C@@H]2CN(c3cc(-c4ccccc4)nc(N)n3)C[C@@H]21. The van der Waals surface area contributed by atoms with Gasteiger partial charge >= 0.3 is 6.09 Å². The second-order valence-electron chi connectivity index (χ2n) is 8.88. The zero-order valence-corrected chi connectivity index (χ0v) is 17.3. The molecule has 0 bridgehead atoms. The summed E-state index contributed by atoms with van der Waals surface area (Å²) in [6.07, 6.45) is 1.88. The molecule has 0 aliphatic carbocycles. The first-order chi connectivity index (χ1) is 13.8. The summed E-state index contributed by atoms with van der Waals surface area (Å²) in [7, 11) is 0. The van der Waals surface area contributed by atoms with Gasteiger partial charge in [0.15, 0.2) is 0 Å². The molecule has 29 heavy (non-hydrogen) atoms. The number of piperidine rings is 1. The fourth-order valence-electron chi connectivity index (χ4n) is 4.29. The van der Waals surface area contributed by atoms with Gasteiger partial charge in [0.25, 0.3) is 0 Å². The highest BCUT2D eigenvalue weighted by Gasteiger charge is 2.42. The maximum Gasteiger partial charge on any atom is 0.410 e. The van der Waals surface area contributed by atoms with E-state index in [0.29, 0.717) is 5.92 Å². The molecule has 2 aliphatic rings. The summed E-state index contributed by atoms with van der Waals surface area (Å²) in [6, 6.07) is 12.1. The summed E-state index contributed by atoms with van der Waals surface area (Å²) in [5, 5.41) is 0. The Labute approximate surface area is 171 Å². The Bertz CT molecular complexity index is 881. The molecule has 154 valence electrons. The number of nitrogens with zero attached hydrogens (tertiary/aromatic N) is 4. The van der Waals surface area contributed by atoms with E-state index in [1.807, 2.05) is 62.1 Å². The third-order valence-corrected chi connectivity index (χ3v) is 5.53. The Kier molecular flexibility index (Phi) is 5.06. The first-order valence-corrected chi connectivity index (χ1v) is 10.2. The van der Waals surface area contributed by atoms with Crippen LogP contribution in [-0.2, 0) is 4.74 Å². The molecule has 2 saturated heterocycles. The summed E-state index contributed by atoms with van der Waals surface area (Å²) < 4.78 is 5.65. The molecule has 2 aliphatic heterocycles. The Hall–Kier alpha value is -2.83. The van der Waals surface area contributed by atoms with Crippen LogP contribution in [0.2, 0.25) is 0 Å². The van der Waals surface area contributed by atoms with Crippen molar-refractivity contribution in [2.24, 2.45) is 5.92 Å². The smallest absolute Gasteiger partial charge is 0.410 e. The molecule has 2 aromatic rings. The number of fused-ring (bicyclic) bond motifs is 1. The Balaban J connectivity index is 1.56. The van der Waals surface area contributed by atoms with Gasteiger partial charge in [-0.3, -0.25) is 0 Å². The summed E-state index contributed by atoms with van der Waals surface area (Å²) in [4.78, 5) is 25.8. The lowest BCUT2D eigenvalue weighted by Crippen LogP contribution is -2.50. The number of benzene rings is 1. The number of carbonyl (C=O) groups excluding carboxylic acids is 1. The molecule has 4 rings (SSSR count). The largest absolute Gasteiger partial charge is 0.444 e. The van der Waals surface area contributed by atoms with Gasteiger partial charge in [-0.1, -0.05) is 30.3 Å². The maximum absolute atomic E-state index is 12.7. The highest BCUT2D eigenvalue weighted by atomic mass is 16.6. The first-order valence-electron chi connectivity index (χ1n) is 10.2. The van der Waals surface area contributed by atoms with Crippen LogP contribution < -0.4 is 10.6 Å². The van der Waals surface area contributed by atoms with Crippen molar-refractivity contribution in [2.45, 2.75) is 45.3 Å². The van der Waals surface area contributed by atoms with Crippen molar-refractivity contribution >= 4 is 17.9 Å². The standard InChI is InChI=1S/C22H29N5O2/c1-22(2,3)29-21(28)27-11-7-10-16-13-26(14-18(16)27)19-12-17(24-20(23)25-19)15-8-5-4-6-9-15/h4-6,8-9,12,16,18H,7,10-11,13-14H2,1-3H3,(H2,23,24,25)/t16-,18+/m1/s1. The Morgan fingerprint density at radius 2 is 1.93 bits per heavy atom. The van der Waals surface area contributed by atoms with Gasteiger partial charge in [0.2, 0.25) is 5.95 Å². The number of nitrogen functional groups attached to an aromatic ring is 1. The summed E-state index contributed by atoms with van der Waals surface area (Å²) in [5.74, 6) is 1.49. The highest BCUT2D eigenvalue weighted by Crippen LogP contribution is 2.34. The second-order valence-corrected chi connectivity index (χ2v) is 8.88. The van der Waals surface area contributed by atoms with Gasteiger partial charge < -0.3 is 20.3 Å². The molecule has 7 heteroatoms. The molecule has 0 radical (unpaired) electrons. The van der Waals surface area contributed by atoms with Gasteiger partial charge in [-0.05, 0) is 39.5 Å². The topological polar surface area (TPSA) is 84.6 Å². The summed E-state index contributed by atoms with van der Waals surface area (Å²) in [5.41, 5.74) is 7.35. The molecule has 2 N–H and O–H groups in total. The molecule has 1 amide bonds. The Morgan fingerprint density at radius 1 is 1.17 bits per heavy atom. The minimum atomic E-state index is -0.492. The summed E-state index contributed by atoms with van der Waals surface area (Å²) in [6.45, 7) is 8.04. The predicted octanol–water partition coefficient (Wildman–Crippen LogP) is 3.56. The number of hydrogen-bond acceptors (Lipinski definition) is 6. The second kappa shape index (κ2) is 7.54. The molecule has 2 atom stereocenters. The fourth-order valence-corrected chi connectivity index (χ4v) is 4.29. The monoisotopic (exact) mass is 395 g/mol. The van der Waals surface area contributed by atoms with E-state index in [-0.39, 0.29) is 18.1 Å². The van der Waals surface area contributed by atoms with Gasteiger partial charge in [-0.15, -0.1) is 0 Å². The zero-order chi connectivity index (χ0) is 20.6. The highest BCUT2D eigenvalue weighted by molar-refractivity contribution is 5.69. The predicted molar refractivity (Wildman–Crippen MR) is 114 cm³/mol. The van der Waals surface area contributed by atoms with Crippen molar-refractivity contribution in [1.29, 1.82) is 0 Å². The normalized spacial score (nSPS) is 21.8. The van der Waals surface area contributed by atoms with Crippen LogP contribution in [0.3, 0.4) is 0 Å². The molecule has 0 spiro atoms. The van der Waals surface area contributed by atoms with Crippen molar-refractivity contribution in [1.82, 2.24) is 14.9 Å². The van der Waals surface area contributed by atoms with Crippen LogP contribution in [0.5, 0.6) is 0 Å². The molecule has 3 heterocycles. The van der Waals surface area contributed by atoms with Crippen LogP contribution in [0.15, 0.2) is 36.4 Å².